The van der Waals surface area contributed by atoms with E-state index in [0.29, 0.717) is 31.7 Å². The second kappa shape index (κ2) is 8.16. The molecule has 140 valence electrons. The highest BCUT2D eigenvalue weighted by Gasteiger charge is 2.29. The molecule has 1 atom stereocenters. The predicted molar refractivity (Wildman–Crippen MR) is 94.4 cm³/mol. The summed E-state index contributed by atoms with van der Waals surface area (Å²) < 4.78 is 32.5. The maximum atomic E-state index is 12.9. The first-order valence-electron chi connectivity index (χ1n) is 8.32. The summed E-state index contributed by atoms with van der Waals surface area (Å²) >= 11 is 0. The van der Waals surface area contributed by atoms with Crippen LogP contribution >= 0.6 is 0 Å². The van der Waals surface area contributed by atoms with Gasteiger partial charge in [-0.3, -0.25) is 9.69 Å². The van der Waals surface area contributed by atoms with Crippen LogP contribution in [0.2, 0.25) is 0 Å². The lowest BCUT2D eigenvalue weighted by Crippen LogP contribution is -2.37. The average Bonchev–Trinajstić information content (AvgIpc) is 2.80. The molecule has 0 bridgehead atoms. The number of benzene rings is 1. The minimum Gasteiger partial charge on any atom is -0.496 e. The Morgan fingerprint density at radius 3 is 2.68 bits per heavy atom. The summed E-state index contributed by atoms with van der Waals surface area (Å²) in [7, 11) is -0.234. The summed E-state index contributed by atoms with van der Waals surface area (Å²) in [5.74, 6) is -0.213. The molecule has 0 aliphatic carbocycles. The van der Waals surface area contributed by atoms with Crippen LogP contribution in [0.1, 0.15) is 24.8 Å². The monoisotopic (exact) mass is 370 g/mol. The smallest absolute Gasteiger partial charge is 0.317 e. The Balaban J connectivity index is 2.13. The van der Waals surface area contributed by atoms with Crippen LogP contribution in [-0.2, 0) is 14.8 Å². The van der Waals surface area contributed by atoms with Crippen LogP contribution in [0.25, 0.3) is 0 Å². The molecule has 1 N–H and O–H groups in total. The van der Waals surface area contributed by atoms with Gasteiger partial charge >= 0.3 is 5.97 Å². The standard InChI is InChI=1S/C17H26N2O5S/c1-13-11-15(6-7-16(13)24-3)25(22,23)19-9-4-5-14(8-10-19)18(2)12-17(20)21/h6-7,11,14H,4-5,8-10,12H2,1-3H3,(H,20,21). The van der Waals surface area contributed by atoms with E-state index in [9.17, 15) is 13.2 Å². The van der Waals surface area contributed by atoms with Gasteiger partial charge in [0.2, 0.25) is 10.0 Å². The summed E-state index contributed by atoms with van der Waals surface area (Å²) in [4.78, 5) is 12.9. The first kappa shape index (κ1) is 19.7. The van der Waals surface area contributed by atoms with E-state index in [4.69, 9.17) is 9.84 Å². The van der Waals surface area contributed by atoms with Crippen molar-refractivity contribution in [3.8, 4) is 5.75 Å². The molecule has 0 aromatic heterocycles. The van der Waals surface area contributed by atoms with Crippen molar-refractivity contribution in [2.24, 2.45) is 0 Å². The maximum absolute atomic E-state index is 12.9. The van der Waals surface area contributed by atoms with Gasteiger partial charge in [-0.1, -0.05) is 0 Å². The molecule has 1 aromatic carbocycles. The average molecular weight is 370 g/mol. The highest BCUT2D eigenvalue weighted by atomic mass is 32.2. The van der Waals surface area contributed by atoms with Crippen LogP contribution in [0.4, 0.5) is 0 Å². The maximum Gasteiger partial charge on any atom is 0.317 e. The number of sulfonamides is 1. The first-order chi connectivity index (χ1) is 11.8. The van der Waals surface area contributed by atoms with Crippen LogP contribution in [0.15, 0.2) is 23.1 Å². The second-order valence-electron chi connectivity index (χ2n) is 6.43. The summed E-state index contributed by atoms with van der Waals surface area (Å²) in [5, 5.41) is 8.93. The van der Waals surface area contributed by atoms with Crippen LogP contribution < -0.4 is 4.74 Å². The molecule has 8 heteroatoms. The topological polar surface area (TPSA) is 87.2 Å². The lowest BCUT2D eigenvalue weighted by atomic mass is 10.1. The van der Waals surface area contributed by atoms with E-state index in [1.165, 1.54) is 4.31 Å². The van der Waals surface area contributed by atoms with Crippen molar-refractivity contribution in [1.82, 2.24) is 9.21 Å². The quantitative estimate of drug-likeness (QED) is 0.818. The lowest BCUT2D eigenvalue weighted by Gasteiger charge is -2.25. The van der Waals surface area contributed by atoms with Gasteiger partial charge in [0.25, 0.3) is 0 Å². The number of nitrogens with zero attached hydrogens (tertiary/aromatic N) is 2. The highest BCUT2D eigenvalue weighted by molar-refractivity contribution is 7.89. The van der Waals surface area contributed by atoms with Crippen molar-refractivity contribution in [1.29, 1.82) is 0 Å². The van der Waals surface area contributed by atoms with E-state index in [2.05, 4.69) is 0 Å². The number of carboxylic acids is 1. The van der Waals surface area contributed by atoms with Crippen LogP contribution in [0, 0.1) is 6.92 Å². The molecule has 1 aliphatic rings. The van der Waals surface area contributed by atoms with Crippen molar-refractivity contribution in [3.63, 3.8) is 0 Å². The molecule has 1 fully saturated rings. The molecule has 1 unspecified atom stereocenters. The zero-order valence-electron chi connectivity index (χ0n) is 14.9. The van der Waals surface area contributed by atoms with Crippen LogP contribution in [0.3, 0.4) is 0 Å². The first-order valence-corrected chi connectivity index (χ1v) is 9.76. The SMILES string of the molecule is COc1ccc(S(=O)(=O)N2CCCC(N(C)CC(=O)O)CC2)cc1C. The molecule has 1 heterocycles. The highest BCUT2D eigenvalue weighted by Crippen LogP contribution is 2.26. The van der Waals surface area contributed by atoms with Gasteiger partial charge in [0.1, 0.15) is 5.75 Å². The lowest BCUT2D eigenvalue weighted by molar-refractivity contribution is -0.138. The third-order valence-electron chi connectivity index (χ3n) is 4.67. The molecular weight excluding hydrogens is 344 g/mol. The van der Waals surface area contributed by atoms with Gasteiger partial charge in [0.05, 0.1) is 18.6 Å². The molecule has 0 saturated carbocycles. The van der Waals surface area contributed by atoms with E-state index in [0.717, 1.165) is 12.0 Å². The minimum absolute atomic E-state index is 0.0326. The fourth-order valence-electron chi connectivity index (χ4n) is 3.24. The van der Waals surface area contributed by atoms with E-state index >= 15 is 0 Å². The second-order valence-corrected chi connectivity index (χ2v) is 8.37. The number of rotatable bonds is 6. The fraction of sp³-hybridized carbons (Fsp3) is 0.588. The number of hydrogen-bond donors (Lipinski definition) is 1. The summed E-state index contributed by atoms with van der Waals surface area (Å²) in [6.45, 7) is 2.62. The molecule has 1 aromatic rings. The third kappa shape index (κ3) is 4.71. The Morgan fingerprint density at radius 1 is 1.36 bits per heavy atom. The van der Waals surface area contributed by atoms with Gasteiger partial charge in [-0.15, -0.1) is 0 Å². The number of aryl methyl sites for hydroxylation is 1. The summed E-state index contributed by atoms with van der Waals surface area (Å²) in [6.07, 6.45) is 2.12. The number of likely N-dealkylation sites (N-methyl/N-ethyl adjacent to an activating group) is 1. The molecule has 0 radical (unpaired) electrons. The fourth-order valence-corrected chi connectivity index (χ4v) is 4.82. The van der Waals surface area contributed by atoms with Crippen molar-refractivity contribution in [2.45, 2.75) is 37.1 Å². The van der Waals surface area contributed by atoms with E-state index in [-0.39, 0.29) is 17.5 Å². The minimum atomic E-state index is -3.56. The molecule has 0 spiro atoms. The molecule has 1 aliphatic heterocycles. The van der Waals surface area contributed by atoms with Crippen molar-refractivity contribution >= 4 is 16.0 Å². The van der Waals surface area contributed by atoms with Crippen molar-refractivity contribution in [3.05, 3.63) is 23.8 Å². The van der Waals surface area contributed by atoms with Crippen molar-refractivity contribution in [2.75, 3.05) is 33.8 Å². The number of carbonyl (C=O) groups is 1. The number of carboxylic acid groups (broad SMARTS) is 1. The number of ether oxygens (including phenoxy) is 1. The molecular formula is C17H26N2O5S. The Labute approximate surface area is 149 Å². The number of hydrogen-bond acceptors (Lipinski definition) is 5. The molecule has 2 rings (SSSR count). The van der Waals surface area contributed by atoms with Crippen molar-refractivity contribution < 1.29 is 23.1 Å². The zero-order chi connectivity index (χ0) is 18.6. The summed E-state index contributed by atoms with van der Waals surface area (Å²) in [5.41, 5.74) is 0.775. The van der Waals surface area contributed by atoms with E-state index in [1.54, 1.807) is 37.3 Å². The Bertz CT molecular complexity index is 720. The molecule has 0 amide bonds. The van der Waals surface area contributed by atoms with Crippen LogP contribution in [-0.4, -0.2) is 68.5 Å². The Morgan fingerprint density at radius 2 is 2.08 bits per heavy atom. The number of aliphatic carboxylic acids is 1. The largest absolute Gasteiger partial charge is 0.496 e. The van der Waals surface area contributed by atoms with E-state index in [1.807, 2.05) is 6.92 Å². The molecule has 1 saturated heterocycles. The molecule has 7 nitrogen and oxygen atoms in total. The van der Waals surface area contributed by atoms with Gasteiger partial charge in [-0.05, 0) is 57.0 Å². The van der Waals surface area contributed by atoms with Gasteiger partial charge in [-0.25, -0.2) is 8.42 Å². The summed E-state index contributed by atoms with van der Waals surface area (Å²) in [6, 6.07) is 4.95. The Hall–Kier alpha value is -1.64. The number of methoxy groups -OCH3 is 1. The van der Waals surface area contributed by atoms with Gasteiger partial charge < -0.3 is 9.84 Å². The zero-order valence-corrected chi connectivity index (χ0v) is 15.8. The third-order valence-corrected chi connectivity index (χ3v) is 6.56. The van der Waals surface area contributed by atoms with Gasteiger partial charge in [0, 0.05) is 19.1 Å². The van der Waals surface area contributed by atoms with Gasteiger partial charge in [0.15, 0.2) is 0 Å². The van der Waals surface area contributed by atoms with Crippen LogP contribution in [0.5, 0.6) is 5.75 Å². The van der Waals surface area contributed by atoms with Gasteiger partial charge in [-0.2, -0.15) is 4.31 Å². The normalized spacial score (nSPS) is 19.6. The Kier molecular flexibility index (Phi) is 6.42. The van der Waals surface area contributed by atoms with E-state index < -0.39 is 16.0 Å². The predicted octanol–water partition coefficient (Wildman–Crippen LogP) is 1.56. The molecule has 25 heavy (non-hydrogen) atoms.